The van der Waals surface area contributed by atoms with E-state index < -0.39 is 20.2 Å². The van der Waals surface area contributed by atoms with Gasteiger partial charge in [0.15, 0.2) is 0 Å². The molecule has 0 amide bonds. The molecular formula is C24H27Sb+. The number of benzene rings is 3. The number of hydrogen-bond donors (Lipinski definition) is 0. The van der Waals surface area contributed by atoms with Gasteiger partial charge >= 0.3 is 160 Å². The van der Waals surface area contributed by atoms with Gasteiger partial charge in [0.1, 0.15) is 0 Å². The molecule has 0 atom stereocenters. The topological polar surface area (TPSA) is 0 Å². The van der Waals surface area contributed by atoms with Crippen LogP contribution in [0.25, 0.3) is 0 Å². The molecule has 1 radical (unpaired) electrons. The van der Waals surface area contributed by atoms with Gasteiger partial charge < -0.3 is 0 Å². The fourth-order valence-corrected chi connectivity index (χ4v) is 13.0. The molecule has 0 nitrogen and oxygen atoms in total. The fraction of sp³-hybridized carbons (Fsp3) is 0.250. The summed E-state index contributed by atoms with van der Waals surface area (Å²) in [7, 11) is 0. The van der Waals surface area contributed by atoms with Gasteiger partial charge in [0.05, 0.1) is 0 Å². The van der Waals surface area contributed by atoms with E-state index >= 15 is 0 Å². The summed E-state index contributed by atoms with van der Waals surface area (Å²) in [5.41, 5.74) is 8.71. The summed E-state index contributed by atoms with van der Waals surface area (Å²) in [6.45, 7) is 13.8. The number of aryl methyl sites for hydroxylation is 6. The van der Waals surface area contributed by atoms with Crippen molar-refractivity contribution in [3.05, 3.63) is 88.0 Å². The van der Waals surface area contributed by atoms with Crippen molar-refractivity contribution < 1.29 is 0 Å². The van der Waals surface area contributed by atoms with Crippen molar-refractivity contribution >= 4 is 30.7 Å². The second-order valence-electron chi connectivity index (χ2n) is 7.06. The van der Waals surface area contributed by atoms with Crippen LogP contribution in [0.4, 0.5) is 0 Å². The summed E-state index contributed by atoms with van der Waals surface area (Å²) in [6, 6.07) is 20.3. The molecule has 0 N–H and O–H groups in total. The minimum absolute atomic E-state index is 1.45. The number of rotatable bonds is 3. The molecule has 0 aromatic heterocycles. The van der Waals surface area contributed by atoms with Crippen LogP contribution in [0.15, 0.2) is 54.6 Å². The molecule has 3 rings (SSSR count). The Labute approximate surface area is 159 Å². The van der Waals surface area contributed by atoms with Gasteiger partial charge in [-0.05, 0) is 0 Å². The molecule has 0 spiro atoms. The summed E-state index contributed by atoms with van der Waals surface area (Å²) in [5.74, 6) is 0. The fourth-order valence-electron chi connectivity index (χ4n) is 3.81. The summed E-state index contributed by atoms with van der Waals surface area (Å²) in [5, 5.41) is 0. The van der Waals surface area contributed by atoms with Crippen molar-refractivity contribution in [2.75, 3.05) is 0 Å². The van der Waals surface area contributed by atoms with Crippen molar-refractivity contribution in [2.45, 2.75) is 41.5 Å². The molecule has 1 heteroatoms. The van der Waals surface area contributed by atoms with E-state index in [2.05, 4.69) is 96.1 Å². The summed E-state index contributed by atoms with van der Waals surface area (Å²) < 4.78 is 4.92. The molecule has 0 heterocycles. The van der Waals surface area contributed by atoms with Gasteiger partial charge in [-0.1, -0.05) is 0 Å². The Hall–Kier alpha value is -1.52. The third kappa shape index (κ3) is 3.42. The van der Waals surface area contributed by atoms with Crippen molar-refractivity contribution in [3.63, 3.8) is 0 Å². The maximum atomic E-state index is 2.29. The normalized spacial score (nSPS) is 11.2. The minimum atomic E-state index is -2.13. The first-order valence-electron chi connectivity index (χ1n) is 8.90. The van der Waals surface area contributed by atoms with Gasteiger partial charge in [-0.3, -0.25) is 0 Å². The van der Waals surface area contributed by atoms with E-state index in [1.54, 1.807) is 10.5 Å². The second-order valence-corrected chi connectivity index (χ2v) is 12.8. The van der Waals surface area contributed by atoms with E-state index in [9.17, 15) is 0 Å². The van der Waals surface area contributed by atoms with Crippen LogP contribution >= 0.6 is 0 Å². The van der Waals surface area contributed by atoms with Crippen LogP contribution in [-0.2, 0) is 0 Å². The molecule has 0 bridgehead atoms. The van der Waals surface area contributed by atoms with Crippen molar-refractivity contribution in [2.24, 2.45) is 0 Å². The molecule has 0 aliphatic rings. The van der Waals surface area contributed by atoms with Gasteiger partial charge in [-0.2, -0.15) is 0 Å². The van der Waals surface area contributed by atoms with E-state index in [-0.39, 0.29) is 0 Å². The SMILES string of the molecule is Cc1cccc(C)[c]1[Sb+]([c]1c(C)cccc1C)[c]1c(C)cccc1C. The molecule has 0 unspecified atom stereocenters. The molecule has 0 aliphatic heterocycles. The third-order valence-electron chi connectivity index (χ3n) is 4.99. The van der Waals surface area contributed by atoms with E-state index in [0.717, 1.165) is 0 Å². The number of hydrogen-bond acceptors (Lipinski definition) is 0. The van der Waals surface area contributed by atoms with E-state index in [1.807, 2.05) is 0 Å². The molecule has 0 aliphatic carbocycles. The predicted molar refractivity (Wildman–Crippen MR) is 112 cm³/mol. The van der Waals surface area contributed by atoms with Crippen molar-refractivity contribution in [1.82, 2.24) is 0 Å². The third-order valence-corrected chi connectivity index (χ3v) is 14.9. The zero-order chi connectivity index (χ0) is 18.1. The average molecular weight is 437 g/mol. The van der Waals surface area contributed by atoms with Crippen LogP contribution in [0.2, 0.25) is 0 Å². The zero-order valence-corrected chi connectivity index (χ0v) is 18.7. The summed E-state index contributed by atoms with van der Waals surface area (Å²) in [6.07, 6.45) is 0. The van der Waals surface area contributed by atoms with E-state index in [4.69, 9.17) is 0 Å². The summed E-state index contributed by atoms with van der Waals surface area (Å²) >= 11 is -2.13. The van der Waals surface area contributed by atoms with Crippen LogP contribution in [0.3, 0.4) is 0 Å². The monoisotopic (exact) mass is 436 g/mol. The molecule has 25 heavy (non-hydrogen) atoms. The van der Waals surface area contributed by atoms with E-state index in [1.165, 1.54) is 33.4 Å². The Morgan fingerprint density at radius 1 is 0.400 bits per heavy atom. The van der Waals surface area contributed by atoms with Gasteiger partial charge in [0, 0.05) is 0 Å². The standard InChI is InChI=1S/3C8H9.Sb/c3*1-7-4-3-5-8(2)6-7;/h3*3-5H,1-2H3;/q;;;+1. The van der Waals surface area contributed by atoms with Crippen molar-refractivity contribution in [3.8, 4) is 0 Å². The zero-order valence-electron chi connectivity index (χ0n) is 16.1. The van der Waals surface area contributed by atoms with Gasteiger partial charge in [0.25, 0.3) is 0 Å². The molecule has 0 fully saturated rings. The molecule has 127 valence electrons. The van der Waals surface area contributed by atoms with Crippen molar-refractivity contribution in [1.29, 1.82) is 0 Å². The van der Waals surface area contributed by atoms with Crippen LogP contribution in [-0.4, -0.2) is 20.2 Å². The first-order chi connectivity index (χ1) is 11.9. The predicted octanol–water partition coefficient (Wildman–Crippen LogP) is 4.05. The quantitative estimate of drug-likeness (QED) is 0.543. The average Bonchev–Trinajstić information content (AvgIpc) is 2.53. The molecular weight excluding hydrogens is 410 g/mol. The Balaban J connectivity index is 2.42. The Morgan fingerprint density at radius 3 is 0.800 bits per heavy atom. The van der Waals surface area contributed by atoms with Crippen LogP contribution in [0.5, 0.6) is 0 Å². The van der Waals surface area contributed by atoms with Gasteiger partial charge in [0.2, 0.25) is 0 Å². The van der Waals surface area contributed by atoms with Crippen LogP contribution in [0.1, 0.15) is 33.4 Å². The Kier molecular flexibility index (Phi) is 5.40. The van der Waals surface area contributed by atoms with Gasteiger partial charge in [-0.15, -0.1) is 0 Å². The Bertz CT molecular complexity index is 738. The van der Waals surface area contributed by atoms with Crippen LogP contribution < -0.4 is 10.5 Å². The molecule has 0 saturated heterocycles. The first kappa shape index (κ1) is 18.3. The van der Waals surface area contributed by atoms with Gasteiger partial charge in [-0.25, -0.2) is 0 Å². The maximum absolute atomic E-state index is 2.29. The molecule has 0 saturated carbocycles. The molecule has 3 aromatic carbocycles. The second kappa shape index (κ2) is 7.38. The van der Waals surface area contributed by atoms with Crippen LogP contribution in [0, 0.1) is 41.5 Å². The van der Waals surface area contributed by atoms with E-state index in [0.29, 0.717) is 0 Å². The molecule has 3 aromatic rings. The first-order valence-corrected chi connectivity index (χ1v) is 12.7. The summed E-state index contributed by atoms with van der Waals surface area (Å²) in [4.78, 5) is 0. The Morgan fingerprint density at radius 2 is 0.600 bits per heavy atom.